The van der Waals surface area contributed by atoms with E-state index in [1.165, 1.54) is 0 Å². The third kappa shape index (κ3) is 4.77. The van der Waals surface area contributed by atoms with Gasteiger partial charge in [0.05, 0.1) is 6.42 Å². The Morgan fingerprint density at radius 2 is 1.97 bits per heavy atom. The maximum Gasteiger partial charge on any atom is 0.308 e. The number of esters is 1. The largest absolute Gasteiger partial charge is 0.435 e. The number of nitrogens with zero attached hydrogens (tertiary/aromatic N) is 1. The van der Waals surface area contributed by atoms with E-state index in [1.807, 2.05) is 18.7 Å². The summed E-state index contributed by atoms with van der Waals surface area (Å²) < 4.78 is 18.3. The molecular weight excluding hydrogens is 468 g/mol. The Morgan fingerprint density at radius 3 is 2.75 bits per heavy atom. The van der Waals surface area contributed by atoms with Crippen LogP contribution in [-0.4, -0.2) is 66.3 Å². The highest BCUT2D eigenvalue weighted by Crippen LogP contribution is 2.60. The van der Waals surface area contributed by atoms with Gasteiger partial charge >= 0.3 is 5.97 Å². The maximum absolute atomic E-state index is 12.7. The number of likely N-dealkylation sites (tertiary alicyclic amines) is 1. The molecule has 6 fully saturated rings. The second-order valence-electron chi connectivity index (χ2n) is 11.5. The quantitative estimate of drug-likeness (QED) is 0.303. The molecule has 0 aromatic heterocycles. The van der Waals surface area contributed by atoms with Crippen molar-refractivity contribution in [1.29, 1.82) is 0 Å². The Hall–Kier alpha value is -1.75. The number of nitrogens with one attached hydrogen (secondary N) is 1. The van der Waals surface area contributed by atoms with Crippen LogP contribution < -0.4 is 5.32 Å². The van der Waals surface area contributed by atoms with Gasteiger partial charge in [-0.25, -0.2) is 9.78 Å². The van der Waals surface area contributed by atoms with Crippen molar-refractivity contribution in [2.45, 2.75) is 103 Å². The summed E-state index contributed by atoms with van der Waals surface area (Å²) in [6.45, 7) is 8.07. The molecule has 2 bridgehead atoms. The molecule has 10 heteroatoms. The predicted molar refractivity (Wildman–Crippen MR) is 126 cm³/mol. The van der Waals surface area contributed by atoms with E-state index in [-0.39, 0.29) is 42.4 Å². The van der Waals surface area contributed by atoms with Crippen LogP contribution in [0.4, 0.5) is 0 Å². The Bertz CT molecular complexity index is 869. The van der Waals surface area contributed by atoms with Crippen LogP contribution in [0, 0.1) is 23.7 Å². The average Bonchev–Trinajstić information content (AvgIpc) is 3.12. The van der Waals surface area contributed by atoms with Crippen molar-refractivity contribution in [3.05, 3.63) is 0 Å². The van der Waals surface area contributed by atoms with Crippen LogP contribution in [0.5, 0.6) is 0 Å². The molecule has 0 aromatic carbocycles. The number of ether oxygens (including phenoxy) is 3. The summed E-state index contributed by atoms with van der Waals surface area (Å²) in [4.78, 5) is 50.2. The molecule has 5 saturated heterocycles. The Labute approximate surface area is 212 Å². The molecule has 6 aliphatic rings. The normalized spacial score (nSPS) is 41.5. The summed E-state index contributed by atoms with van der Waals surface area (Å²) in [5.74, 6) is -0.694. The zero-order chi connectivity index (χ0) is 25.5. The minimum absolute atomic E-state index is 0.0264. The summed E-state index contributed by atoms with van der Waals surface area (Å²) in [5.41, 5.74) is -0.699. The molecule has 0 aromatic rings. The lowest BCUT2D eigenvalue weighted by Gasteiger charge is -2.59. The number of fused-ring (bicyclic) bond motifs is 2. The van der Waals surface area contributed by atoms with E-state index in [0.29, 0.717) is 31.8 Å². The minimum atomic E-state index is -0.882. The van der Waals surface area contributed by atoms with Gasteiger partial charge in [-0.3, -0.25) is 14.4 Å². The van der Waals surface area contributed by atoms with Gasteiger partial charge in [0.2, 0.25) is 23.9 Å². The molecule has 3 unspecified atom stereocenters. The van der Waals surface area contributed by atoms with Gasteiger partial charge in [-0.2, -0.15) is 0 Å². The van der Waals surface area contributed by atoms with Crippen molar-refractivity contribution in [2.24, 2.45) is 23.7 Å². The standard InChI is InChI=1S/C26H40N2O8/c1-16-7-8-19-17(2)23(33-24-26(19)18(16)11-12-25(3,34-24)35-36-26)32-22(31)10-9-20(29)27-13-5-15-28-14-4-6-21(28)30/h16-19,23-24H,4-15H2,1-3H3,(H,27,29)/t16-,17-,18?,19?,23-,24-,25?,26-/m1/s1. The van der Waals surface area contributed by atoms with Gasteiger partial charge in [-0.05, 0) is 50.9 Å². The average molecular weight is 509 g/mol. The summed E-state index contributed by atoms with van der Waals surface area (Å²) in [5, 5.41) is 2.82. The van der Waals surface area contributed by atoms with Crippen molar-refractivity contribution < 1.29 is 38.4 Å². The highest BCUT2D eigenvalue weighted by atomic mass is 17.3. The molecule has 6 rings (SSSR count). The predicted octanol–water partition coefficient (Wildman–Crippen LogP) is 2.65. The molecule has 1 spiro atoms. The fourth-order valence-electron chi connectivity index (χ4n) is 6.94. The van der Waals surface area contributed by atoms with Crippen molar-refractivity contribution in [2.75, 3.05) is 19.6 Å². The highest BCUT2D eigenvalue weighted by molar-refractivity contribution is 5.81. The van der Waals surface area contributed by atoms with Gasteiger partial charge in [-0.15, -0.1) is 0 Å². The van der Waals surface area contributed by atoms with Gasteiger partial charge < -0.3 is 24.4 Å². The van der Waals surface area contributed by atoms with Crippen LogP contribution in [0.25, 0.3) is 0 Å². The number of hydrogen-bond acceptors (Lipinski definition) is 8. The fraction of sp³-hybridized carbons (Fsp3) is 0.885. The SMILES string of the molecule is C[C@@H]1CCC2[C@@H](C)[C@H](OC(=O)CCC(=O)NCCCN3CCCC3=O)O[C@@H]3OC4(C)CCC1[C@@]23OO4. The van der Waals surface area contributed by atoms with Crippen LogP contribution in [-0.2, 0) is 38.4 Å². The summed E-state index contributed by atoms with van der Waals surface area (Å²) in [6, 6.07) is 0. The van der Waals surface area contributed by atoms with Crippen molar-refractivity contribution in [3.8, 4) is 0 Å². The maximum atomic E-state index is 12.7. The van der Waals surface area contributed by atoms with E-state index < -0.39 is 29.9 Å². The smallest absolute Gasteiger partial charge is 0.308 e. The van der Waals surface area contributed by atoms with E-state index in [4.69, 9.17) is 24.0 Å². The molecule has 0 radical (unpaired) electrons. The first kappa shape index (κ1) is 25.9. The molecular formula is C26H40N2O8. The Balaban J connectivity index is 1.12. The van der Waals surface area contributed by atoms with Crippen molar-refractivity contribution in [3.63, 3.8) is 0 Å². The molecule has 202 valence electrons. The lowest BCUT2D eigenvalue weighted by molar-refractivity contribution is -0.576. The van der Waals surface area contributed by atoms with Crippen molar-refractivity contribution in [1.82, 2.24) is 10.2 Å². The van der Waals surface area contributed by atoms with Crippen molar-refractivity contribution >= 4 is 17.8 Å². The molecule has 1 saturated carbocycles. The number of hydrogen-bond donors (Lipinski definition) is 1. The van der Waals surface area contributed by atoms with Crippen LogP contribution in [0.3, 0.4) is 0 Å². The molecule has 1 N–H and O–H groups in total. The first-order valence-electron chi connectivity index (χ1n) is 13.7. The monoisotopic (exact) mass is 508 g/mol. The minimum Gasteiger partial charge on any atom is -0.435 e. The van der Waals surface area contributed by atoms with Crippen LogP contribution >= 0.6 is 0 Å². The lowest BCUT2D eigenvalue weighted by Crippen LogP contribution is -2.70. The lowest BCUT2D eigenvalue weighted by atomic mass is 9.58. The second-order valence-corrected chi connectivity index (χ2v) is 11.5. The molecule has 5 heterocycles. The van der Waals surface area contributed by atoms with Crippen LogP contribution in [0.15, 0.2) is 0 Å². The molecule has 1 aliphatic carbocycles. The second kappa shape index (κ2) is 10.2. The zero-order valence-corrected chi connectivity index (χ0v) is 21.7. The fourth-order valence-corrected chi connectivity index (χ4v) is 6.94. The number of amides is 2. The molecule has 36 heavy (non-hydrogen) atoms. The van der Waals surface area contributed by atoms with E-state index in [2.05, 4.69) is 12.2 Å². The van der Waals surface area contributed by atoms with Gasteiger partial charge in [0, 0.05) is 50.7 Å². The zero-order valence-electron chi connectivity index (χ0n) is 21.7. The number of rotatable bonds is 8. The Morgan fingerprint density at radius 1 is 1.14 bits per heavy atom. The van der Waals surface area contributed by atoms with Gasteiger partial charge in [0.1, 0.15) is 0 Å². The molecule has 5 aliphatic heterocycles. The number of carbonyl (C=O) groups is 3. The molecule has 2 amide bonds. The van der Waals surface area contributed by atoms with Gasteiger partial charge in [0.25, 0.3) is 0 Å². The number of carbonyl (C=O) groups excluding carboxylic acids is 3. The Kier molecular flexibility index (Phi) is 7.33. The third-order valence-corrected chi connectivity index (χ3v) is 9.00. The first-order chi connectivity index (χ1) is 17.2. The van der Waals surface area contributed by atoms with Gasteiger partial charge in [0.15, 0.2) is 11.9 Å². The highest BCUT2D eigenvalue weighted by Gasteiger charge is 2.69. The molecule has 8 atom stereocenters. The van der Waals surface area contributed by atoms with E-state index >= 15 is 0 Å². The summed E-state index contributed by atoms with van der Waals surface area (Å²) in [7, 11) is 0. The topological polar surface area (TPSA) is 113 Å². The summed E-state index contributed by atoms with van der Waals surface area (Å²) in [6.07, 6.45) is 4.46. The van der Waals surface area contributed by atoms with Crippen LogP contribution in [0.1, 0.15) is 78.6 Å². The van der Waals surface area contributed by atoms with E-state index in [1.54, 1.807) is 0 Å². The molecule has 10 nitrogen and oxygen atoms in total. The van der Waals surface area contributed by atoms with Crippen LogP contribution in [0.2, 0.25) is 0 Å². The third-order valence-electron chi connectivity index (χ3n) is 9.00. The summed E-state index contributed by atoms with van der Waals surface area (Å²) >= 11 is 0. The van der Waals surface area contributed by atoms with E-state index in [0.717, 1.165) is 38.6 Å². The first-order valence-corrected chi connectivity index (χ1v) is 13.7. The van der Waals surface area contributed by atoms with Gasteiger partial charge in [-0.1, -0.05) is 13.8 Å². The van der Waals surface area contributed by atoms with E-state index in [9.17, 15) is 14.4 Å².